The van der Waals surface area contributed by atoms with Crippen LogP contribution in [-0.4, -0.2) is 17.0 Å². The summed E-state index contributed by atoms with van der Waals surface area (Å²) in [4.78, 5) is 13.5. The van der Waals surface area contributed by atoms with Crippen LogP contribution in [-0.2, 0) is 9.09 Å². The zero-order valence-electron chi connectivity index (χ0n) is 12.5. The van der Waals surface area contributed by atoms with E-state index in [1.54, 1.807) is 13.2 Å². The molecule has 0 aliphatic carbocycles. The summed E-state index contributed by atoms with van der Waals surface area (Å²) in [6, 6.07) is 10.9. The molecule has 3 aromatic rings. The Bertz CT molecular complexity index is 872. The van der Waals surface area contributed by atoms with E-state index in [4.69, 9.17) is 14.2 Å². The summed E-state index contributed by atoms with van der Waals surface area (Å²) < 4.78 is 35.3. The van der Waals surface area contributed by atoms with Gasteiger partial charge in [-0.15, -0.1) is 0 Å². The molecule has 24 heavy (non-hydrogen) atoms. The van der Waals surface area contributed by atoms with Gasteiger partial charge in [0.15, 0.2) is 11.4 Å². The van der Waals surface area contributed by atoms with E-state index >= 15 is 0 Å². The molecular formula is C15H14FN2O4PS. The van der Waals surface area contributed by atoms with Crippen LogP contribution < -0.4 is 10.1 Å². The van der Waals surface area contributed by atoms with Crippen molar-refractivity contribution in [1.82, 2.24) is 4.98 Å². The predicted molar refractivity (Wildman–Crippen MR) is 91.2 cm³/mol. The summed E-state index contributed by atoms with van der Waals surface area (Å²) in [7, 11) is -1.62. The average molecular weight is 368 g/mol. The molecule has 0 radical (unpaired) electrons. The highest BCUT2D eigenvalue weighted by atomic mass is 32.1. The smallest absolute Gasteiger partial charge is 0.318 e. The zero-order valence-corrected chi connectivity index (χ0v) is 14.3. The second-order valence-corrected chi connectivity index (χ2v) is 6.61. The Labute approximate surface area is 141 Å². The zero-order chi connectivity index (χ0) is 17.1. The van der Waals surface area contributed by atoms with Crippen LogP contribution in [0.15, 0.2) is 42.5 Å². The van der Waals surface area contributed by atoms with E-state index in [1.807, 2.05) is 12.1 Å². The minimum atomic E-state index is -3.20. The standard InChI is InChI=1S/C15H14FN2O4PS/c1-21-11-6-7-12-13(8-11)24-15(17-12)18-14(22-23(19)20)9-2-4-10(16)5-3-9/h2-8,14,23H,1H3,(H,17,18)(H,19,20). The lowest BCUT2D eigenvalue weighted by atomic mass is 10.2. The molecule has 1 heterocycles. The van der Waals surface area contributed by atoms with Crippen molar-refractivity contribution in [2.45, 2.75) is 6.23 Å². The molecule has 0 fully saturated rings. The van der Waals surface area contributed by atoms with Gasteiger partial charge in [-0.3, -0.25) is 9.09 Å². The quantitative estimate of drug-likeness (QED) is 0.506. The minimum absolute atomic E-state index is 0.402. The fourth-order valence-corrected chi connectivity index (χ4v) is 3.43. The molecule has 0 bridgehead atoms. The number of hydrogen-bond acceptors (Lipinski definition) is 6. The number of hydrogen-bond donors (Lipinski definition) is 2. The maximum atomic E-state index is 13.1. The first-order valence-corrected chi connectivity index (χ1v) is 8.99. The fraction of sp³-hybridized carbons (Fsp3) is 0.133. The third-order valence-corrected chi connectivity index (χ3v) is 4.63. The molecule has 0 aliphatic heterocycles. The van der Waals surface area contributed by atoms with E-state index in [0.29, 0.717) is 16.4 Å². The van der Waals surface area contributed by atoms with Crippen molar-refractivity contribution in [3.8, 4) is 5.75 Å². The molecule has 2 unspecified atom stereocenters. The Kier molecular flexibility index (Phi) is 5.11. The van der Waals surface area contributed by atoms with Gasteiger partial charge in [0.25, 0.3) is 0 Å². The van der Waals surface area contributed by atoms with Crippen LogP contribution >= 0.6 is 19.6 Å². The van der Waals surface area contributed by atoms with Crippen LogP contribution in [0.4, 0.5) is 9.52 Å². The first kappa shape index (κ1) is 16.9. The fourth-order valence-electron chi connectivity index (χ4n) is 2.13. The number of anilines is 1. The molecule has 0 spiro atoms. The van der Waals surface area contributed by atoms with Crippen molar-refractivity contribution in [3.63, 3.8) is 0 Å². The van der Waals surface area contributed by atoms with Gasteiger partial charge in [0.1, 0.15) is 11.6 Å². The number of benzene rings is 2. The highest BCUT2D eigenvalue weighted by Gasteiger charge is 2.17. The Balaban J connectivity index is 1.89. The number of thiazole rings is 1. The average Bonchev–Trinajstić information content (AvgIpc) is 2.95. The summed E-state index contributed by atoms with van der Waals surface area (Å²) in [6.45, 7) is 0. The van der Waals surface area contributed by atoms with Crippen LogP contribution in [0.2, 0.25) is 0 Å². The lowest BCUT2D eigenvalue weighted by Gasteiger charge is -2.17. The molecule has 1 aromatic heterocycles. The van der Waals surface area contributed by atoms with Gasteiger partial charge in [-0.1, -0.05) is 23.5 Å². The van der Waals surface area contributed by atoms with Crippen LogP contribution in [0.25, 0.3) is 10.2 Å². The molecule has 0 amide bonds. The first-order chi connectivity index (χ1) is 11.5. The van der Waals surface area contributed by atoms with Crippen molar-refractivity contribution < 1.29 is 23.1 Å². The van der Waals surface area contributed by atoms with E-state index in [9.17, 15) is 8.96 Å². The molecule has 2 aromatic carbocycles. The van der Waals surface area contributed by atoms with Crippen molar-refractivity contribution >= 4 is 34.9 Å². The molecule has 2 N–H and O–H groups in total. The first-order valence-electron chi connectivity index (χ1n) is 6.91. The molecule has 0 saturated heterocycles. The van der Waals surface area contributed by atoms with Gasteiger partial charge in [0.2, 0.25) is 0 Å². The number of fused-ring (bicyclic) bond motifs is 1. The summed E-state index contributed by atoms with van der Waals surface area (Å²) in [5.74, 6) is 0.311. The lowest BCUT2D eigenvalue weighted by Crippen LogP contribution is -2.11. The summed E-state index contributed by atoms with van der Waals surface area (Å²) in [6.07, 6.45) is -0.913. The van der Waals surface area contributed by atoms with Crippen LogP contribution in [0.1, 0.15) is 11.8 Å². The monoisotopic (exact) mass is 368 g/mol. The van der Waals surface area contributed by atoms with Gasteiger partial charge in [0, 0.05) is 5.56 Å². The van der Waals surface area contributed by atoms with Crippen molar-refractivity contribution in [2.75, 3.05) is 12.4 Å². The number of ether oxygens (including phenoxy) is 1. The van der Waals surface area contributed by atoms with E-state index in [-0.39, 0.29) is 0 Å². The summed E-state index contributed by atoms with van der Waals surface area (Å²) in [5.41, 5.74) is 1.28. The van der Waals surface area contributed by atoms with Crippen molar-refractivity contribution in [3.05, 3.63) is 53.8 Å². The topological polar surface area (TPSA) is 80.7 Å². The van der Waals surface area contributed by atoms with Gasteiger partial charge in [-0.2, -0.15) is 0 Å². The third kappa shape index (κ3) is 3.91. The Hall–Kier alpha value is -1.99. The van der Waals surface area contributed by atoms with E-state index in [2.05, 4.69) is 10.3 Å². The van der Waals surface area contributed by atoms with E-state index in [1.165, 1.54) is 35.6 Å². The van der Waals surface area contributed by atoms with E-state index < -0.39 is 20.3 Å². The molecule has 9 heteroatoms. The Morgan fingerprint density at radius 2 is 2.04 bits per heavy atom. The maximum Gasteiger partial charge on any atom is 0.318 e. The number of halogens is 1. The minimum Gasteiger partial charge on any atom is -0.497 e. The van der Waals surface area contributed by atoms with Crippen molar-refractivity contribution in [2.24, 2.45) is 0 Å². The number of nitrogens with one attached hydrogen (secondary N) is 1. The number of rotatable bonds is 6. The highest BCUT2D eigenvalue weighted by molar-refractivity contribution is 7.32. The second kappa shape index (κ2) is 7.27. The number of methoxy groups -OCH3 is 1. The second-order valence-electron chi connectivity index (χ2n) is 4.81. The van der Waals surface area contributed by atoms with Crippen LogP contribution in [0.5, 0.6) is 5.75 Å². The summed E-state index contributed by atoms with van der Waals surface area (Å²) in [5, 5.41) is 3.47. The largest absolute Gasteiger partial charge is 0.497 e. The molecule has 6 nitrogen and oxygen atoms in total. The normalized spacial score (nSPS) is 13.6. The lowest BCUT2D eigenvalue weighted by molar-refractivity contribution is 0.216. The number of nitrogens with zero attached hydrogens (tertiary/aromatic N) is 1. The van der Waals surface area contributed by atoms with E-state index in [0.717, 1.165) is 10.2 Å². The third-order valence-electron chi connectivity index (χ3n) is 3.24. The molecule has 3 rings (SSSR count). The summed E-state index contributed by atoms with van der Waals surface area (Å²) >= 11 is 1.35. The molecule has 0 saturated carbocycles. The molecule has 2 atom stereocenters. The van der Waals surface area contributed by atoms with Gasteiger partial charge < -0.3 is 14.9 Å². The molecular weight excluding hydrogens is 354 g/mol. The maximum absolute atomic E-state index is 13.1. The van der Waals surface area contributed by atoms with Gasteiger partial charge in [-0.25, -0.2) is 9.37 Å². The Morgan fingerprint density at radius 1 is 1.29 bits per heavy atom. The van der Waals surface area contributed by atoms with Gasteiger partial charge in [0.05, 0.1) is 17.3 Å². The van der Waals surface area contributed by atoms with Crippen molar-refractivity contribution in [1.29, 1.82) is 0 Å². The van der Waals surface area contributed by atoms with Crippen LogP contribution in [0, 0.1) is 5.82 Å². The highest BCUT2D eigenvalue weighted by Crippen LogP contribution is 2.34. The van der Waals surface area contributed by atoms with Crippen LogP contribution in [0.3, 0.4) is 0 Å². The van der Waals surface area contributed by atoms with Gasteiger partial charge >= 0.3 is 8.25 Å². The number of aromatic nitrogens is 1. The predicted octanol–water partition coefficient (Wildman–Crippen LogP) is 3.95. The molecule has 0 aliphatic rings. The molecule has 126 valence electrons. The van der Waals surface area contributed by atoms with Gasteiger partial charge in [-0.05, 0) is 30.3 Å². The SMILES string of the molecule is COc1ccc2nc(NC(O[PH](=O)O)c3ccc(F)cc3)sc2c1. The Morgan fingerprint density at radius 3 is 2.71 bits per heavy atom.